The van der Waals surface area contributed by atoms with E-state index in [2.05, 4.69) is 35.6 Å². The second kappa shape index (κ2) is 9.00. The second-order valence-electron chi connectivity index (χ2n) is 10.2. The SMILES string of the molecule is CC(C)(Cc1ccc2ccccc2c1)NC[C@@H](O)[C@H]1CS(=O)(=O)CN1C(=O)OC(C)(C)C. The molecule has 0 bridgehead atoms. The molecule has 0 aromatic heterocycles. The maximum atomic E-state index is 12.5. The highest BCUT2D eigenvalue weighted by Crippen LogP contribution is 2.23. The molecule has 176 valence electrons. The van der Waals surface area contributed by atoms with Gasteiger partial charge < -0.3 is 15.2 Å². The van der Waals surface area contributed by atoms with Crippen LogP contribution in [0.15, 0.2) is 42.5 Å². The Kier molecular flexibility index (Phi) is 6.88. The van der Waals surface area contributed by atoms with Crippen molar-refractivity contribution in [2.75, 3.05) is 18.2 Å². The van der Waals surface area contributed by atoms with Crippen molar-refractivity contribution >= 4 is 26.7 Å². The zero-order chi connectivity index (χ0) is 23.7. The molecular formula is C24H34N2O5S. The van der Waals surface area contributed by atoms with Crippen molar-refractivity contribution in [1.29, 1.82) is 0 Å². The standard InChI is InChI=1S/C24H34N2O5S/c1-23(2,3)31-22(28)26-16-32(29,30)15-20(26)21(27)14-25-24(4,5)13-17-10-11-18-8-6-7-9-19(18)12-17/h6-12,20-21,25,27H,13-16H2,1-5H3/t20-,21-/m1/s1. The van der Waals surface area contributed by atoms with Crippen molar-refractivity contribution in [3.63, 3.8) is 0 Å². The molecule has 1 amide bonds. The summed E-state index contributed by atoms with van der Waals surface area (Å²) in [4.78, 5) is 13.6. The van der Waals surface area contributed by atoms with E-state index < -0.39 is 39.6 Å². The Labute approximate surface area is 190 Å². The number of benzene rings is 2. The van der Waals surface area contributed by atoms with E-state index in [1.807, 2.05) is 26.0 Å². The summed E-state index contributed by atoms with van der Waals surface area (Å²) >= 11 is 0. The topological polar surface area (TPSA) is 95.9 Å². The summed E-state index contributed by atoms with van der Waals surface area (Å²) in [6, 6.07) is 13.7. The van der Waals surface area contributed by atoms with Gasteiger partial charge in [-0.3, -0.25) is 4.90 Å². The first-order valence-electron chi connectivity index (χ1n) is 10.9. The molecule has 0 saturated carbocycles. The van der Waals surface area contributed by atoms with E-state index >= 15 is 0 Å². The largest absolute Gasteiger partial charge is 0.444 e. The summed E-state index contributed by atoms with van der Waals surface area (Å²) < 4.78 is 29.7. The molecule has 0 radical (unpaired) electrons. The number of hydrogen-bond donors (Lipinski definition) is 2. The second-order valence-corrected chi connectivity index (χ2v) is 12.3. The molecule has 0 spiro atoms. The summed E-state index contributed by atoms with van der Waals surface area (Å²) in [5.41, 5.74) is 0.0611. The lowest BCUT2D eigenvalue weighted by Crippen LogP contribution is -2.52. The summed E-state index contributed by atoms with van der Waals surface area (Å²) in [6.45, 7) is 9.38. The summed E-state index contributed by atoms with van der Waals surface area (Å²) in [7, 11) is -3.48. The third-order valence-corrected chi connectivity index (χ3v) is 7.00. The van der Waals surface area contributed by atoms with Crippen LogP contribution in [0, 0.1) is 0 Å². The van der Waals surface area contributed by atoms with E-state index in [1.165, 1.54) is 10.8 Å². The molecule has 8 heteroatoms. The van der Waals surface area contributed by atoms with Crippen LogP contribution in [0.2, 0.25) is 0 Å². The molecule has 0 aliphatic carbocycles. The maximum Gasteiger partial charge on any atom is 0.411 e. The third kappa shape index (κ3) is 6.43. The number of nitrogens with zero attached hydrogens (tertiary/aromatic N) is 1. The van der Waals surface area contributed by atoms with E-state index in [4.69, 9.17) is 4.74 Å². The van der Waals surface area contributed by atoms with Crippen LogP contribution < -0.4 is 5.32 Å². The van der Waals surface area contributed by atoms with Crippen molar-refractivity contribution in [2.45, 2.75) is 64.3 Å². The maximum absolute atomic E-state index is 12.5. The highest BCUT2D eigenvalue weighted by molar-refractivity contribution is 7.91. The number of aliphatic hydroxyl groups is 1. The molecule has 2 atom stereocenters. The average molecular weight is 463 g/mol. The van der Waals surface area contributed by atoms with Crippen molar-refractivity contribution in [1.82, 2.24) is 10.2 Å². The molecule has 32 heavy (non-hydrogen) atoms. The van der Waals surface area contributed by atoms with E-state index in [1.54, 1.807) is 20.8 Å². The van der Waals surface area contributed by atoms with Crippen LogP contribution in [0.25, 0.3) is 10.8 Å². The molecule has 3 rings (SSSR count). The van der Waals surface area contributed by atoms with Gasteiger partial charge in [0.1, 0.15) is 11.5 Å². The Morgan fingerprint density at radius 1 is 1.16 bits per heavy atom. The number of sulfone groups is 1. The molecule has 7 nitrogen and oxygen atoms in total. The number of ether oxygens (including phenoxy) is 1. The number of amides is 1. The van der Waals surface area contributed by atoms with Gasteiger partial charge in [0.05, 0.1) is 17.9 Å². The van der Waals surface area contributed by atoms with Crippen LogP contribution in [0.1, 0.15) is 40.2 Å². The van der Waals surface area contributed by atoms with Gasteiger partial charge >= 0.3 is 6.09 Å². The molecule has 1 fully saturated rings. The van der Waals surface area contributed by atoms with Crippen LogP contribution in [-0.2, 0) is 21.0 Å². The fourth-order valence-electron chi connectivity index (χ4n) is 3.98. The Morgan fingerprint density at radius 3 is 2.47 bits per heavy atom. The van der Waals surface area contributed by atoms with Gasteiger partial charge in [0.2, 0.25) is 0 Å². The van der Waals surface area contributed by atoms with Gasteiger partial charge in [-0.2, -0.15) is 0 Å². The number of nitrogens with one attached hydrogen (secondary N) is 1. The molecule has 2 aromatic carbocycles. The van der Waals surface area contributed by atoms with Gasteiger partial charge in [-0.15, -0.1) is 0 Å². The number of carbonyl (C=O) groups is 1. The van der Waals surface area contributed by atoms with Gasteiger partial charge in [-0.1, -0.05) is 42.5 Å². The molecule has 1 saturated heterocycles. The summed E-state index contributed by atoms with van der Waals surface area (Å²) in [5.74, 6) is -0.718. The van der Waals surface area contributed by atoms with Crippen molar-refractivity contribution in [2.24, 2.45) is 0 Å². The first-order chi connectivity index (χ1) is 14.7. The van der Waals surface area contributed by atoms with E-state index in [0.717, 1.165) is 16.9 Å². The van der Waals surface area contributed by atoms with E-state index in [-0.39, 0.29) is 17.8 Å². The van der Waals surface area contributed by atoms with Gasteiger partial charge in [0.25, 0.3) is 0 Å². The Balaban J connectivity index is 1.65. The number of fused-ring (bicyclic) bond motifs is 1. The predicted octanol–water partition coefficient (Wildman–Crippen LogP) is 3.10. The van der Waals surface area contributed by atoms with E-state index in [9.17, 15) is 18.3 Å². The number of aliphatic hydroxyl groups excluding tert-OH is 1. The average Bonchev–Trinajstić information content (AvgIpc) is 3.00. The van der Waals surface area contributed by atoms with Gasteiger partial charge in [-0.05, 0) is 57.4 Å². The smallest absolute Gasteiger partial charge is 0.411 e. The third-order valence-electron chi connectivity index (χ3n) is 5.48. The first-order valence-corrected chi connectivity index (χ1v) is 12.7. The fraction of sp³-hybridized carbons (Fsp3) is 0.542. The molecule has 1 aliphatic heterocycles. The lowest BCUT2D eigenvalue weighted by atomic mass is 9.93. The van der Waals surface area contributed by atoms with Gasteiger partial charge in [0.15, 0.2) is 9.84 Å². The van der Waals surface area contributed by atoms with Crippen LogP contribution >= 0.6 is 0 Å². The molecule has 2 aromatic rings. The monoisotopic (exact) mass is 462 g/mol. The first kappa shape index (κ1) is 24.5. The van der Waals surface area contributed by atoms with Crippen LogP contribution in [-0.4, -0.2) is 66.0 Å². The van der Waals surface area contributed by atoms with Crippen molar-refractivity contribution < 1.29 is 23.1 Å². The quantitative estimate of drug-likeness (QED) is 0.685. The van der Waals surface area contributed by atoms with Crippen LogP contribution in [0.5, 0.6) is 0 Å². The van der Waals surface area contributed by atoms with Crippen LogP contribution in [0.4, 0.5) is 4.79 Å². The van der Waals surface area contributed by atoms with Gasteiger partial charge in [0, 0.05) is 12.1 Å². The highest BCUT2D eigenvalue weighted by Gasteiger charge is 2.44. The highest BCUT2D eigenvalue weighted by atomic mass is 32.2. The molecule has 0 unspecified atom stereocenters. The normalized spacial score (nSPS) is 19.8. The Morgan fingerprint density at radius 2 is 1.81 bits per heavy atom. The lowest BCUT2D eigenvalue weighted by molar-refractivity contribution is 0.00647. The number of hydrogen-bond acceptors (Lipinski definition) is 6. The van der Waals surface area contributed by atoms with Crippen molar-refractivity contribution in [3.8, 4) is 0 Å². The van der Waals surface area contributed by atoms with Crippen molar-refractivity contribution in [3.05, 3.63) is 48.0 Å². The summed E-state index contributed by atoms with van der Waals surface area (Å²) in [5, 5.41) is 16.5. The molecular weight excluding hydrogens is 428 g/mol. The molecule has 1 aliphatic rings. The van der Waals surface area contributed by atoms with Gasteiger partial charge in [-0.25, -0.2) is 13.2 Å². The lowest BCUT2D eigenvalue weighted by Gasteiger charge is -2.32. The zero-order valence-electron chi connectivity index (χ0n) is 19.5. The fourth-order valence-corrected chi connectivity index (χ4v) is 5.72. The minimum absolute atomic E-state index is 0.153. The predicted molar refractivity (Wildman–Crippen MR) is 126 cm³/mol. The Hall–Kier alpha value is -2.16. The minimum Gasteiger partial charge on any atom is -0.444 e. The number of rotatable bonds is 6. The van der Waals surface area contributed by atoms with E-state index in [0.29, 0.717) is 0 Å². The summed E-state index contributed by atoms with van der Waals surface area (Å²) in [6.07, 6.45) is -1.04. The molecule has 1 heterocycles. The number of β-amino-alcohol motifs (C(OH)–C–C–N with tert-alkyl or cyclic N) is 1. The number of carbonyl (C=O) groups excluding carboxylic acids is 1. The Bertz CT molecular complexity index is 1080. The minimum atomic E-state index is -3.48. The zero-order valence-corrected chi connectivity index (χ0v) is 20.3. The molecule has 2 N–H and O–H groups in total. The van der Waals surface area contributed by atoms with Crippen LogP contribution in [0.3, 0.4) is 0 Å².